The number of fused-ring (bicyclic) bond motifs is 2. The van der Waals surface area contributed by atoms with Crippen molar-refractivity contribution in [1.82, 2.24) is 15.0 Å². The highest BCUT2D eigenvalue weighted by molar-refractivity contribution is 7.91. The molecule has 1 aliphatic rings. The molecule has 2 atom stereocenters. The van der Waals surface area contributed by atoms with Gasteiger partial charge in [-0.25, -0.2) is 0 Å². The third kappa shape index (κ3) is 2.70. The molecule has 0 fully saturated rings. The Morgan fingerprint density at radius 2 is 2.12 bits per heavy atom. The van der Waals surface area contributed by atoms with Gasteiger partial charge >= 0.3 is 5.16 Å². The minimum Gasteiger partial charge on any atom is -0.608 e. The molecule has 0 saturated heterocycles. The molecular formula is C18H19N3O2S. The number of aliphatic hydroxyl groups excluding tert-OH is 1. The fourth-order valence-electron chi connectivity index (χ4n) is 3.40. The first kappa shape index (κ1) is 15.6. The summed E-state index contributed by atoms with van der Waals surface area (Å²) in [5.41, 5.74) is 4.54. The van der Waals surface area contributed by atoms with Crippen LogP contribution in [0.3, 0.4) is 0 Å². The van der Waals surface area contributed by atoms with E-state index >= 15 is 0 Å². The highest BCUT2D eigenvalue weighted by Gasteiger charge is 2.34. The van der Waals surface area contributed by atoms with Gasteiger partial charge in [0.2, 0.25) is 0 Å². The molecule has 0 radical (unpaired) electrons. The highest BCUT2D eigenvalue weighted by Crippen LogP contribution is 2.37. The van der Waals surface area contributed by atoms with Crippen LogP contribution >= 0.6 is 0 Å². The molecule has 1 aromatic carbocycles. The van der Waals surface area contributed by atoms with Crippen LogP contribution in [0.15, 0.2) is 41.7 Å². The first-order valence-corrected chi connectivity index (χ1v) is 9.42. The van der Waals surface area contributed by atoms with Gasteiger partial charge in [0.05, 0.1) is 23.3 Å². The number of para-hydroxylation sites is 2. The third-order valence-electron chi connectivity index (χ3n) is 4.62. The second-order valence-electron chi connectivity index (χ2n) is 6.08. The number of pyridine rings is 1. The van der Waals surface area contributed by atoms with E-state index in [1.165, 1.54) is 0 Å². The molecule has 0 saturated carbocycles. The summed E-state index contributed by atoms with van der Waals surface area (Å²) in [6, 6.07) is 9.56. The molecule has 2 heterocycles. The predicted molar refractivity (Wildman–Crippen MR) is 93.0 cm³/mol. The van der Waals surface area contributed by atoms with Gasteiger partial charge in [-0.2, -0.15) is 4.98 Å². The Balaban J connectivity index is 1.75. The summed E-state index contributed by atoms with van der Waals surface area (Å²) in [5.74, 6) is 0. The largest absolute Gasteiger partial charge is 0.608 e. The molecule has 3 aromatic rings. The van der Waals surface area contributed by atoms with Crippen molar-refractivity contribution in [3.8, 4) is 0 Å². The Labute approximate surface area is 143 Å². The molecule has 2 N–H and O–H groups in total. The van der Waals surface area contributed by atoms with Crippen molar-refractivity contribution in [2.75, 3.05) is 0 Å². The summed E-state index contributed by atoms with van der Waals surface area (Å²) < 4.78 is 13.2. The van der Waals surface area contributed by atoms with Crippen LogP contribution in [0.5, 0.6) is 0 Å². The van der Waals surface area contributed by atoms with Gasteiger partial charge in [0.25, 0.3) is 0 Å². The van der Waals surface area contributed by atoms with Gasteiger partial charge in [0.1, 0.15) is 0 Å². The molecule has 0 aliphatic heterocycles. The van der Waals surface area contributed by atoms with Crippen LogP contribution < -0.4 is 0 Å². The van der Waals surface area contributed by atoms with Crippen LogP contribution in [-0.4, -0.2) is 24.6 Å². The first-order valence-electron chi connectivity index (χ1n) is 8.21. The van der Waals surface area contributed by atoms with E-state index in [2.05, 4.69) is 15.0 Å². The molecule has 0 amide bonds. The van der Waals surface area contributed by atoms with Gasteiger partial charge in [-0.3, -0.25) is 9.97 Å². The minimum absolute atomic E-state index is 0.00511. The summed E-state index contributed by atoms with van der Waals surface area (Å²) >= 11 is -1.30. The summed E-state index contributed by atoms with van der Waals surface area (Å²) in [4.78, 5) is 12.2. The number of aromatic nitrogens is 3. The van der Waals surface area contributed by atoms with Crippen molar-refractivity contribution in [2.24, 2.45) is 0 Å². The van der Waals surface area contributed by atoms with Gasteiger partial charge in [0, 0.05) is 23.8 Å². The maximum Gasteiger partial charge on any atom is 0.322 e. The van der Waals surface area contributed by atoms with Crippen LogP contribution in [0.2, 0.25) is 0 Å². The number of benzene rings is 1. The number of hydrogen-bond acceptors (Lipinski definition) is 4. The molecule has 5 nitrogen and oxygen atoms in total. The molecular weight excluding hydrogens is 322 g/mol. The Hall–Kier alpha value is -1.89. The zero-order chi connectivity index (χ0) is 16.5. The third-order valence-corrected chi connectivity index (χ3v) is 6.17. The van der Waals surface area contributed by atoms with Crippen molar-refractivity contribution in [3.63, 3.8) is 0 Å². The molecule has 0 spiro atoms. The van der Waals surface area contributed by atoms with E-state index in [0.717, 1.165) is 53.5 Å². The molecule has 2 aromatic heterocycles. The van der Waals surface area contributed by atoms with Gasteiger partial charge in [-0.05, 0) is 48.6 Å². The van der Waals surface area contributed by atoms with Crippen molar-refractivity contribution >= 4 is 22.2 Å². The summed E-state index contributed by atoms with van der Waals surface area (Å²) in [6.45, 7) is -0.00511. The van der Waals surface area contributed by atoms with Gasteiger partial charge in [-0.1, -0.05) is 12.1 Å². The summed E-state index contributed by atoms with van der Waals surface area (Å²) in [7, 11) is 0. The van der Waals surface area contributed by atoms with Crippen molar-refractivity contribution in [1.29, 1.82) is 0 Å². The molecule has 0 bridgehead atoms. The molecule has 1 aliphatic carbocycles. The van der Waals surface area contributed by atoms with Gasteiger partial charge < -0.3 is 9.66 Å². The molecule has 24 heavy (non-hydrogen) atoms. The predicted octanol–water partition coefficient (Wildman–Crippen LogP) is 3.03. The lowest BCUT2D eigenvalue weighted by atomic mass is 10.0. The topological polar surface area (TPSA) is 84.9 Å². The Kier molecular flexibility index (Phi) is 4.26. The number of aliphatic hydroxyl groups is 1. The Morgan fingerprint density at radius 1 is 1.25 bits per heavy atom. The maximum atomic E-state index is 13.2. The lowest BCUT2D eigenvalue weighted by Gasteiger charge is -2.19. The fourth-order valence-corrected chi connectivity index (χ4v) is 4.86. The first-order chi connectivity index (χ1) is 11.8. The van der Waals surface area contributed by atoms with Gasteiger partial charge in [0.15, 0.2) is 5.25 Å². The summed E-state index contributed by atoms with van der Waals surface area (Å²) in [5, 5.41) is 9.92. The number of H-pyrrole nitrogens is 1. The standard InChI is InChI=1S/C18H19N3O2S/c22-11-12-9-10-19-17-13(12)5-1-4-8-16(17)24(23)18-20-14-6-2-3-7-15(14)21-18/h2-3,6-7,9-10,16,22H,1,4-5,8,11H2,(H,20,21). The monoisotopic (exact) mass is 341 g/mol. The summed E-state index contributed by atoms with van der Waals surface area (Å²) in [6.07, 6.45) is 5.43. The lowest BCUT2D eigenvalue weighted by Crippen LogP contribution is -2.17. The SMILES string of the molecule is [O-][S+](c1nc2ccccc2[nH]1)C1CCCCc2c(CO)ccnc21. The quantitative estimate of drug-likeness (QED) is 0.566. The van der Waals surface area contributed by atoms with Crippen molar-refractivity contribution in [3.05, 3.63) is 53.3 Å². The molecule has 6 heteroatoms. The van der Waals surface area contributed by atoms with Crippen molar-refractivity contribution < 1.29 is 9.66 Å². The normalized spacial score (nSPS) is 19.0. The van der Waals surface area contributed by atoms with E-state index in [0.29, 0.717) is 5.16 Å². The van der Waals surface area contributed by atoms with Crippen molar-refractivity contribution in [2.45, 2.75) is 42.7 Å². The maximum absolute atomic E-state index is 13.2. The minimum atomic E-state index is -1.30. The van der Waals surface area contributed by atoms with E-state index in [1.807, 2.05) is 30.3 Å². The van der Waals surface area contributed by atoms with E-state index in [1.54, 1.807) is 6.20 Å². The fraction of sp³-hybridized carbons (Fsp3) is 0.333. The van der Waals surface area contributed by atoms with Crippen LogP contribution in [0.1, 0.15) is 41.3 Å². The number of nitrogens with one attached hydrogen (secondary N) is 1. The lowest BCUT2D eigenvalue weighted by molar-refractivity contribution is 0.280. The zero-order valence-corrected chi connectivity index (χ0v) is 14.1. The van der Waals surface area contributed by atoms with E-state index in [4.69, 9.17) is 0 Å². The second-order valence-corrected chi connectivity index (χ2v) is 7.63. The Morgan fingerprint density at radius 3 is 2.96 bits per heavy atom. The number of imidazole rings is 1. The smallest absolute Gasteiger partial charge is 0.322 e. The zero-order valence-electron chi connectivity index (χ0n) is 13.2. The van der Waals surface area contributed by atoms with E-state index in [9.17, 15) is 9.66 Å². The number of rotatable bonds is 3. The number of nitrogens with zero attached hydrogens (tertiary/aromatic N) is 2. The second kappa shape index (κ2) is 6.55. The van der Waals surface area contributed by atoms with Gasteiger partial charge in [-0.15, -0.1) is 0 Å². The molecule has 2 unspecified atom stereocenters. The van der Waals surface area contributed by atoms with Crippen LogP contribution in [0.4, 0.5) is 0 Å². The molecule has 124 valence electrons. The average molecular weight is 341 g/mol. The average Bonchev–Trinajstić information content (AvgIpc) is 2.93. The van der Waals surface area contributed by atoms with E-state index < -0.39 is 11.2 Å². The van der Waals surface area contributed by atoms with Crippen LogP contribution in [0, 0.1) is 0 Å². The van der Waals surface area contributed by atoms with E-state index in [-0.39, 0.29) is 11.9 Å². The van der Waals surface area contributed by atoms with Crippen LogP contribution in [0.25, 0.3) is 11.0 Å². The highest BCUT2D eigenvalue weighted by atomic mass is 32.2. The Bertz CT molecular complexity index is 831. The van der Waals surface area contributed by atoms with Crippen LogP contribution in [-0.2, 0) is 24.2 Å². The number of aromatic amines is 1. The number of hydrogen-bond donors (Lipinski definition) is 2. The molecule has 4 rings (SSSR count).